The van der Waals surface area contributed by atoms with Crippen LogP contribution in [-0.4, -0.2) is 43.3 Å². The molecule has 1 aromatic heterocycles. The molecule has 0 aliphatic carbocycles. The van der Waals surface area contributed by atoms with E-state index in [0.29, 0.717) is 27.4 Å². The summed E-state index contributed by atoms with van der Waals surface area (Å²) in [7, 11) is 2.82. The molecule has 4 aromatic carbocycles. The van der Waals surface area contributed by atoms with Gasteiger partial charge in [-0.1, -0.05) is 45.7 Å². The number of aromatic amines is 1. The highest BCUT2D eigenvalue weighted by molar-refractivity contribution is 9.10. The molecule has 0 saturated heterocycles. The summed E-state index contributed by atoms with van der Waals surface area (Å²) in [5, 5.41) is 5.45. The fraction of sp³-hybridized carbons (Fsp3) is 0.0909. The summed E-state index contributed by atoms with van der Waals surface area (Å²) in [6.07, 6.45) is 1.43. The number of carbonyl (C=O) groups is 3. The van der Waals surface area contributed by atoms with Gasteiger partial charge < -0.3 is 23.9 Å². The van der Waals surface area contributed by atoms with Gasteiger partial charge in [-0.3, -0.25) is 9.59 Å². The number of amides is 1. The lowest BCUT2D eigenvalue weighted by Gasteiger charge is -2.12. The fourth-order valence-electron chi connectivity index (χ4n) is 4.54. The minimum Gasteiger partial charge on any atom is -0.493 e. The average Bonchev–Trinajstić information content (AvgIpc) is 3.40. The van der Waals surface area contributed by atoms with E-state index in [1.54, 1.807) is 18.2 Å². The van der Waals surface area contributed by atoms with E-state index in [-0.39, 0.29) is 28.6 Å². The first-order valence-corrected chi connectivity index (χ1v) is 14.5. The van der Waals surface area contributed by atoms with Gasteiger partial charge in [0.25, 0.3) is 5.91 Å². The summed E-state index contributed by atoms with van der Waals surface area (Å²) in [6, 6.07) is 22.0. The molecule has 45 heavy (non-hydrogen) atoms. The van der Waals surface area contributed by atoms with E-state index in [1.165, 1.54) is 51.6 Å². The van der Waals surface area contributed by atoms with Crippen LogP contribution in [0.2, 0.25) is 5.02 Å². The Labute approximate surface area is 271 Å². The Kier molecular flexibility index (Phi) is 9.50. The molecule has 10 nitrogen and oxygen atoms in total. The number of halogens is 2. The van der Waals surface area contributed by atoms with Crippen molar-refractivity contribution in [2.75, 3.05) is 14.2 Å². The molecular formula is C33H25BrClN3O7. The maximum Gasteiger partial charge on any atom is 0.343 e. The molecule has 0 fully saturated rings. The number of methoxy groups -OCH3 is 2. The van der Waals surface area contributed by atoms with Gasteiger partial charge in [-0.25, -0.2) is 10.2 Å². The molecule has 0 atom stereocenters. The predicted molar refractivity (Wildman–Crippen MR) is 174 cm³/mol. The first-order valence-electron chi connectivity index (χ1n) is 13.3. The summed E-state index contributed by atoms with van der Waals surface area (Å²) >= 11 is 10.0. The highest BCUT2D eigenvalue weighted by Gasteiger charge is 2.21. The molecular weight excluding hydrogens is 666 g/mol. The third kappa shape index (κ3) is 7.00. The molecule has 1 heterocycles. The molecule has 12 heteroatoms. The minimum absolute atomic E-state index is 0.153. The topological polar surface area (TPSA) is 128 Å². The smallest absolute Gasteiger partial charge is 0.343 e. The average molecular weight is 691 g/mol. The van der Waals surface area contributed by atoms with Crippen LogP contribution in [0.25, 0.3) is 22.0 Å². The highest BCUT2D eigenvalue weighted by Crippen LogP contribution is 2.38. The SMILES string of the molecule is COc1cc(C(=O)Oc2ccc(C=NNC(=O)c3[nH]c4ccc(Br)cc4c3-c3ccccc3Cl)cc2OC)ccc1OC(C)=O. The van der Waals surface area contributed by atoms with Crippen LogP contribution in [0.5, 0.6) is 23.0 Å². The van der Waals surface area contributed by atoms with Crippen LogP contribution >= 0.6 is 27.5 Å². The number of H-pyrrole nitrogens is 1. The zero-order valence-electron chi connectivity index (χ0n) is 24.1. The van der Waals surface area contributed by atoms with Crippen molar-refractivity contribution in [2.45, 2.75) is 6.92 Å². The van der Waals surface area contributed by atoms with Gasteiger partial charge in [-0.2, -0.15) is 5.10 Å². The summed E-state index contributed by atoms with van der Waals surface area (Å²) in [5.74, 6) is -0.906. The van der Waals surface area contributed by atoms with Crippen LogP contribution in [0.1, 0.15) is 33.3 Å². The summed E-state index contributed by atoms with van der Waals surface area (Å²) < 4.78 is 22.1. The molecule has 5 aromatic rings. The van der Waals surface area contributed by atoms with Gasteiger partial charge in [0, 0.05) is 38.4 Å². The second kappa shape index (κ2) is 13.7. The molecule has 0 saturated carbocycles. The van der Waals surface area contributed by atoms with Crippen molar-refractivity contribution in [1.29, 1.82) is 0 Å². The molecule has 0 aliphatic rings. The second-order valence-corrected chi connectivity index (χ2v) is 10.8. The maximum atomic E-state index is 13.3. The first-order chi connectivity index (χ1) is 21.7. The molecule has 228 valence electrons. The lowest BCUT2D eigenvalue weighted by Crippen LogP contribution is -2.19. The number of aromatic nitrogens is 1. The molecule has 0 spiro atoms. The summed E-state index contributed by atoms with van der Waals surface area (Å²) in [6.45, 7) is 1.26. The summed E-state index contributed by atoms with van der Waals surface area (Å²) in [4.78, 5) is 40.7. The first kappa shape index (κ1) is 31.3. The van der Waals surface area contributed by atoms with E-state index >= 15 is 0 Å². The standard InChI is InChI=1S/C33H25BrClN3O7/c1-18(39)44-26-13-9-20(15-29(26)43-3)33(41)45-27-12-8-19(14-28(27)42-2)17-36-38-32(40)31-30(22-6-4-5-7-24(22)35)23-16-21(34)10-11-25(23)37-31/h4-17,37H,1-3H3,(H,38,40). The van der Waals surface area contributed by atoms with Crippen LogP contribution in [0.4, 0.5) is 0 Å². The van der Waals surface area contributed by atoms with Crippen molar-refractivity contribution in [2.24, 2.45) is 5.10 Å². The Balaban J connectivity index is 1.33. The van der Waals surface area contributed by atoms with Crippen LogP contribution in [0, 0.1) is 0 Å². The Hall–Kier alpha value is -5.13. The van der Waals surface area contributed by atoms with Crippen LogP contribution in [-0.2, 0) is 4.79 Å². The molecule has 5 rings (SSSR count). The largest absolute Gasteiger partial charge is 0.493 e. The lowest BCUT2D eigenvalue weighted by molar-refractivity contribution is -0.132. The number of nitrogens with one attached hydrogen (secondary N) is 2. The van der Waals surface area contributed by atoms with E-state index < -0.39 is 17.8 Å². The van der Waals surface area contributed by atoms with Gasteiger partial charge in [-0.15, -0.1) is 0 Å². The number of hydrogen-bond acceptors (Lipinski definition) is 8. The number of benzene rings is 4. The van der Waals surface area contributed by atoms with Crippen molar-refractivity contribution < 1.29 is 33.3 Å². The second-order valence-electron chi connectivity index (χ2n) is 9.50. The Morgan fingerprint density at radius 1 is 0.867 bits per heavy atom. The number of hydrazone groups is 1. The van der Waals surface area contributed by atoms with Crippen molar-refractivity contribution in [3.05, 3.63) is 105 Å². The number of rotatable bonds is 9. The normalized spacial score (nSPS) is 11.0. The summed E-state index contributed by atoms with van der Waals surface area (Å²) in [5.41, 5.74) is 5.69. The van der Waals surface area contributed by atoms with Gasteiger partial charge in [0.05, 0.1) is 26.0 Å². The highest BCUT2D eigenvalue weighted by atomic mass is 79.9. The van der Waals surface area contributed by atoms with Gasteiger partial charge in [-0.05, 0) is 66.2 Å². The number of nitrogens with zero attached hydrogens (tertiary/aromatic N) is 1. The van der Waals surface area contributed by atoms with Gasteiger partial charge >= 0.3 is 11.9 Å². The Morgan fingerprint density at radius 2 is 1.58 bits per heavy atom. The van der Waals surface area contributed by atoms with Gasteiger partial charge in [0.1, 0.15) is 5.69 Å². The molecule has 1 amide bonds. The quantitative estimate of drug-likeness (QED) is 0.0726. The molecule has 0 aliphatic heterocycles. The lowest BCUT2D eigenvalue weighted by atomic mass is 10.0. The maximum absolute atomic E-state index is 13.3. The van der Waals surface area contributed by atoms with Crippen LogP contribution in [0.15, 0.2) is 88.4 Å². The van der Waals surface area contributed by atoms with E-state index in [2.05, 4.69) is 31.4 Å². The number of ether oxygens (including phenoxy) is 4. The monoisotopic (exact) mass is 689 g/mol. The van der Waals surface area contributed by atoms with E-state index in [0.717, 1.165) is 15.4 Å². The fourth-order valence-corrected chi connectivity index (χ4v) is 5.13. The van der Waals surface area contributed by atoms with Crippen molar-refractivity contribution >= 4 is 62.5 Å². The van der Waals surface area contributed by atoms with E-state index in [4.69, 9.17) is 30.5 Å². The van der Waals surface area contributed by atoms with E-state index in [9.17, 15) is 14.4 Å². The van der Waals surface area contributed by atoms with Crippen LogP contribution in [0.3, 0.4) is 0 Å². The van der Waals surface area contributed by atoms with Crippen LogP contribution < -0.4 is 24.4 Å². The van der Waals surface area contributed by atoms with Crippen molar-refractivity contribution in [1.82, 2.24) is 10.4 Å². The molecule has 2 N–H and O–H groups in total. The minimum atomic E-state index is -0.686. The molecule has 0 bridgehead atoms. The predicted octanol–water partition coefficient (Wildman–Crippen LogP) is 7.18. The number of carbonyl (C=O) groups excluding carboxylic acids is 3. The number of hydrogen-bond donors (Lipinski definition) is 2. The molecule has 0 unspecified atom stereocenters. The number of esters is 2. The third-order valence-electron chi connectivity index (χ3n) is 6.55. The van der Waals surface area contributed by atoms with E-state index in [1.807, 2.05) is 36.4 Å². The zero-order chi connectivity index (χ0) is 32.1. The van der Waals surface area contributed by atoms with Gasteiger partial charge in [0.15, 0.2) is 23.0 Å². The van der Waals surface area contributed by atoms with Crippen molar-refractivity contribution in [3.8, 4) is 34.1 Å². The number of fused-ring (bicyclic) bond motifs is 1. The van der Waals surface area contributed by atoms with Crippen molar-refractivity contribution in [3.63, 3.8) is 0 Å². The Bertz CT molecular complexity index is 1970. The Morgan fingerprint density at radius 3 is 2.31 bits per heavy atom. The zero-order valence-corrected chi connectivity index (χ0v) is 26.5. The molecule has 0 radical (unpaired) electrons. The van der Waals surface area contributed by atoms with Gasteiger partial charge in [0.2, 0.25) is 0 Å². The third-order valence-corrected chi connectivity index (χ3v) is 7.38.